The average Bonchev–Trinajstić information content (AvgIpc) is 2.38. The van der Waals surface area contributed by atoms with Gasteiger partial charge in [-0.3, -0.25) is 9.69 Å². The lowest BCUT2D eigenvalue weighted by molar-refractivity contribution is -0.184. The lowest BCUT2D eigenvalue weighted by atomic mass is 10.1. The van der Waals surface area contributed by atoms with Gasteiger partial charge < -0.3 is 15.4 Å². The maximum atomic E-state index is 13.1. The molecule has 21 heavy (non-hydrogen) atoms. The molecular weight excluding hydrogens is 311 g/mol. The zero-order valence-corrected chi connectivity index (χ0v) is 13.0. The van der Waals surface area contributed by atoms with Crippen molar-refractivity contribution in [1.82, 2.24) is 15.5 Å². The van der Waals surface area contributed by atoms with Crippen LogP contribution in [0.1, 0.15) is 6.92 Å². The number of halogens is 4. The Morgan fingerprint density at radius 1 is 1.38 bits per heavy atom. The van der Waals surface area contributed by atoms with E-state index in [0.29, 0.717) is 26.2 Å². The normalized spacial score (nSPS) is 19.5. The summed E-state index contributed by atoms with van der Waals surface area (Å²) >= 11 is 0. The van der Waals surface area contributed by atoms with Crippen LogP contribution in [0.25, 0.3) is 0 Å². The number of hydrogen-bond donors (Lipinski definition) is 2. The second kappa shape index (κ2) is 9.45. The maximum absolute atomic E-state index is 13.1. The lowest BCUT2D eigenvalue weighted by Gasteiger charge is -2.36. The molecular formula is C12H23ClF3N3O2. The van der Waals surface area contributed by atoms with Crippen LogP contribution in [0.5, 0.6) is 0 Å². The summed E-state index contributed by atoms with van der Waals surface area (Å²) in [7, 11) is 1.45. The van der Waals surface area contributed by atoms with E-state index in [4.69, 9.17) is 4.74 Å². The van der Waals surface area contributed by atoms with Crippen LogP contribution in [0.2, 0.25) is 0 Å². The minimum Gasteiger partial charge on any atom is -0.384 e. The number of ether oxygens (including phenoxy) is 1. The molecule has 1 fully saturated rings. The molecule has 0 aromatic heterocycles. The molecule has 2 unspecified atom stereocenters. The number of nitrogens with one attached hydrogen (secondary N) is 2. The van der Waals surface area contributed by atoms with E-state index in [9.17, 15) is 18.0 Å². The average molecular weight is 334 g/mol. The SMILES string of the molecule is COCC(C)C(=O)NCC(N1CCNCC1)C(F)(F)F.Cl. The van der Waals surface area contributed by atoms with Gasteiger partial charge in [-0.15, -0.1) is 12.4 Å². The monoisotopic (exact) mass is 333 g/mol. The Kier molecular flexibility index (Phi) is 9.19. The predicted molar refractivity (Wildman–Crippen MR) is 75.6 cm³/mol. The zero-order valence-electron chi connectivity index (χ0n) is 12.2. The van der Waals surface area contributed by atoms with Crippen LogP contribution in [-0.4, -0.2) is 69.5 Å². The first-order valence-electron chi connectivity index (χ1n) is 6.64. The van der Waals surface area contributed by atoms with Crippen LogP contribution < -0.4 is 10.6 Å². The highest BCUT2D eigenvalue weighted by molar-refractivity contribution is 5.85. The van der Waals surface area contributed by atoms with Crippen molar-refractivity contribution in [1.29, 1.82) is 0 Å². The van der Waals surface area contributed by atoms with E-state index in [0.717, 1.165) is 0 Å². The van der Waals surface area contributed by atoms with Gasteiger partial charge in [-0.1, -0.05) is 6.92 Å². The Labute approximate surface area is 129 Å². The molecule has 0 aliphatic carbocycles. The first-order valence-corrected chi connectivity index (χ1v) is 6.64. The van der Waals surface area contributed by atoms with Crippen LogP contribution in [-0.2, 0) is 9.53 Å². The van der Waals surface area contributed by atoms with Crippen molar-refractivity contribution in [3.05, 3.63) is 0 Å². The number of carbonyl (C=O) groups excluding carboxylic acids is 1. The second-order valence-electron chi connectivity index (χ2n) is 4.94. The van der Waals surface area contributed by atoms with Gasteiger partial charge in [-0.25, -0.2) is 0 Å². The summed E-state index contributed by atoms with van der Waals surface area (Å²) in [6.45, 7) is 3.10. The molecule has 0 radical (unpaired) electrons. The topological polar surface area (TPSA) is 53.6 Å². The highest BCUT2D eigenvalue weighted by Gasteiger charge is 2.43. The van der Waals surface area contributed by atoms with Crippen LogP contribution >= 0.6 is 12.4 Å². The third-order valence-corrected chi connectivity index (χ3v) is 3.30. The van der Waals surface area contributed by atoms with Gasteiger partial charge in [0.15, 0.2) is 0 Å². The second-order valence-corrected chi connectivity index (χ2v) is 4.94. The molecule has 126 valence electrons. The van der Waals surface area contributed by atoms with Crippen LogP contribution in [0.3, 0.4) is 0 Å². The number of amides is 1. The van der Waals surface area contributed by atoms with E-state index in [1.54, 1.807) is 6.92 Å². The van der Waals surface area contributed by atoms with E-state index in [1.807, 2.05) is 0 Å². The van der Waals surface area contributed by atoms with Gasteiger partial charge >= 0.3 is 6.18 Å². The number of nitrogens with zero attached hydrogens (tertiary/aromatic N) is 1. The van der Waals surface area contributed by atoms with Crippen molar-refractivity contribution >= 4 is 18.3 Å². The minimum absolute atomic E-state index is 0. The summed E-state index contributed by atoms with van der Waals surface area (Å²) in [5, 5.41) is 5.38. The zero-order chi connectivity index (χ0) is 15.2. The van der Waals surface area contributed by atoms with E-state index in [1.165, 1.54) is 12.0 Å². The van der Waals surface area contributed by atoms with Crippen molar-refractivity contribution in [2.75, 3.05) is 46.4 Å². The smallest absolute Gasteiger partial charge is 0.384 e. The Hall–Kier alpha value is -0.570. The first kappa shape index (κ1) is 20.4. The summed E-state index contributed by atoms with van der Waals surface area (Å²) in [5.41, 5.74) is 0. The Morgan fingerprint density at radius 2 is 1.95 bits per heavy atom. The molecule has 5 nitrogen and oxygen atoms in total. The summed E-state index contributed by atoms with van der Waals surface area (Å²) in [4.78, 5) is 13.0. The maximum Gasteiger partial charge on any atom is 0.405 e. The van der Waals surface area contributed by atoms with Crippen LogP contribution in [0.4, 0.5) is 13.2 Å². The molecule has 0 aromatic carbocycles. The predicted octanol–water partition coefficient (Wildman–Crippen LogP) is 0.643. The van der Waals surface area contributed by atoms with Crippen molar-refractivity contribution in [2.45, 2.75) is 19.1 Å². The minimum atomic E-state index is -4.35. The quantitative estimate of drug-likeness (QED) is 0.749. The fourth-order valence-corrected chi connectivity index (χ4v) is 2.14. The summed E-state index contributed by atoms with van der Waals surface area (Å²) < 4.78 is 44.0. The molecule has 1 amide bonds. The van der Waals surface area contributed by atoms with E-state index < -0.39 is 30.6 Å². The molecule has 0 spiro atoms. The van der Waals surface area contributed by atoms with Gasteiger partial charge in [0.2, 0.25) is 5.91 Å². The molecule has 0 saturated carbocycles. The van der Waals surface area contributed by atoms with Crippen molar-refractivity contribution in [3.8, 4) is 0 Å². The van der Waals surface area contributed by atoms with Gasteiger partial charge in [0.1, 0.15) is 6.04 Å². The van der Waals surface area contributed by atoms with E-state index in [2.05, 4.69) is 10.6 Å². The number of hydrogen-bond acceptors (Lipinski definition) is 4. The standard InChI is InChI=1S/C12H22F3N3O2.ClH/c1-9(8-20-2)11(19)17-7-10(12(13,14)15)18-5-3-16-4-6-18;/h9-10,16H,3-8H2,1-2H3,(H,17,19);1H. The highest BCUT2D eigenvalue weighted by atomic mass is 35.5. The molecule has 1 aliphatic heterocycles. The molecule has 0 aromatic rings. The number of rotatable bonds is 6. The molecule has 9 heteroatoms. The van der Waals surface area contributed by atoms with Crippen molar-refractivity contribution in [2.24, 2.45) is 5.92 Å². The summed E-state index contributed by atoms with van der Waals surface area (Å²) in [6.07, 6.45) is -4.35. The summed E-state index contributed by atoms with van der Waals surface area (Å²) in [5.74, 6) is -0.881. The summed E-state index contributed by atoms with van der Waals surface area (Å²) in [6, 6.07) is -1.64. The molecule has 2 atom stereocenters. The Morgan fingerprint density at radius 3 is 2.43 bits per heavy atom. The van der Waals surface area contributed by atoms with Gasteiger partial charge in [0, 0.05) is 39.8 Å². The number of alkyl halides is 3. The van der Waals surface area contributed by atoms with Gasteiger partial charge in [-0.2, -0.15) is 13.2 Å². The number of piperazine rings is 1. The van der Waals surface area contributed by atoms with Crippen molar-refractivity contribution in [3.63, 3.8) is 0 Å². The molecule has 2 N–H and O–H groups in total. The van der Waals surface area contributed by atoms with E-state index in [-0.39, 0.29) is 19.0 Å². The molecule has 1 rings (SSSR count). The number of methoxy groups -OCH3 is 1. The van der Waals surface area contributed by atoms with Crippen LogP contribution in [0.15, 0.2) is 0 Å². The van der Waals surface area contributed by atoms with Gasteiger partial charge in [0.05, 0.1) is 12.5 Å². The van der Waals surface area contributed by atoms with Gasteiger partial charge in [-0.05, 0) is 0 Å². The van der Waals surface area contributed by atoms with Gasteiger partial charge in [0.25, 0.3) is 0 Å². The molecule has 0 bridgehead atoms. The Bertz CT molecular complexity index is 313. The third-order valence-electron chi connectivity index (χ3n) is 3.30. The molecule has 1 heterocycles. The third kappa shape index (κ3) is 6.82. The lowest BCUT2D eigenvalue weighted by Crippen LogP contribution is -2.57. The molecule has 1 aliphatic rings. The fourth-order valence-electron chi connectivity index (χ4n) is 2.14. The fraction of sp³-hybridized carbons (Fsp3) is 0.917. The highest BCUT2D eigenvalue weighted by Crippen LogP contribution is 2.24. The number of carbonyl (C=O) groups is 1. The first-order chi connectivity index (χ1) is 9.36. The van der Waals surface area contributed by atoms with E-state index >= 15 is 0 Å². The molecule has 1 saturated heterocycles. The van der Waals surface area contributed by atoms with Crippen LogP contribution in [0, 0.1) is 5.92 Å². The Balaban J connectivity index is 0.00000400. The van der Waals surface area contributed by atoms with Crippen molar-refractivity contribution < 1.29 is 22.7 Å². The largest absolute Gasteiger partial charge is 0.405 e.